The largest absolute Gasteiger partial charge is 0.611 e. The summed E-state index contributed by atoms with van der Waals surface area (Å²) in [5, 5.41) is 2.96. The number of aromatic nitrogens is 1. The molecule has 0 bridgehead atoms. The minimum Gasteiger partial charge on any atom is -0.611 e. The molecule has 0 aliphatic rings. The standard InChI is InChI=1S/C21H19BrN2OS3/c1-2-3-11-28(25)21-19(23)18-15(13-6-8-14(22)9-7-13)12-16(24-20(18)27-21)17-5-4-10-26-17/h4-10,12H,2-3,11,23H2,1H3. The molecule has 3 heterocycles. The molecule has 2 N–H and O–H groups in total. The lowest BCUT2D eigenvalue weighted by atomic mass is 10.0. The van der Waals surface area contributed by atoms with Crippen LogP contribution in [0.3, 0.4) is 0 Å². The van der Waals surface area contributed by atoms with Crippen molar-refractivity contribution in [3.8, 4) is 21.7 Å². The number of nitrogens with zero attached hydrogens (tertiary/aromatic N) is 1. The van der Waals surface area contributed by atoms with Crippen molar-refractivity contribution in [2.24, 2.45) is 0 Å². The van der Waals surface area contributed by atoms with E-state index in [4.69, 9.17) is 10.7 Å². The van der Waals surface area contributed by atoms with Gasteiger partial charge in [-0.1, -0.05) is 58.8 Å². The third kappa shape index (κ3) is 3.86. The fourth-order valence-corrected chi connectivity index (χ4v) is 6.79. The van der Waals surface area contributed by atoms with Gasteiger partial charge in [0.1, 0.15) is 16.3 Å². The first-order valence-electron chi connectivity index (χ1n) is 8.99. The van der Waals surface area contributed by atoms with Gasteiger partial charge in [-0.3, -0.25) is 0 Å². The molecule has 0 spiro atoms. The maximum Gasteiger partial charge on any atom is 0.232 e. The van der Waals surface area contributed by atoms with E-state index in [2.05, 4.69) is 52.5 Å². The third-order valence-electron chi connectivity index (χ3n) is 4.48. The van der Waals surface area contributed by atoms with Gasteiger partial charge in [-0.25, -0.2) is 4.98 Å². The predicted molar refractivity (Wildman–Crippen MR) is 127 cm³/mol. The Morgan fingerprint density at radius 2 is 2.00 bits per heavy atom. The minimum absolute atomic E-state index is 0.609. The maximum atomic E-state index is 12.8. The van der Waals surface area contributed by atoms with Crippen molar-refractivity contribution in [2.45, 2.75) is 24.0 Å². The van der Waals surface area contributed by atoms with Crippen LogP contribution in [0.15, 0.2) is 56.5 Å². The molecule has 3 aromatic heterocycles. The Balaban J connectivity index is 1.93. The zero-order chi connectivity index (χ0) is 19.7. The van der Waals surface area contributed by atoms with Crippen LogP contribution in [0.2, 0.25) is 0 Å². The second-order valence-corrected chi connectivity index (χ2v) is 11.1. The predicted octanol–water partition coefficient (Wildman–Crippen LogP) is 6.94. The van der Waals surface area contributed by atoms with E-state index >= 15 is 0 Å². The summed E-state index contributed by atoms with van der Waals surface area (Å²) in [6, 6.07) is 14.4. The molecule has 4 aromatic rings. The summed E-state index contributed by atoms with van der Waals surface area (Å²) in [5.74, 6) is 0.638. The van der Waals surface area contributed by atoms with E-state index in [1.54, 1.807) is 11.3 Å². The highest BCUT2D eigenvalue weighted by molar-refractivity contribution is 9.10. The number of hydrogen-bond donors (Lipinski definition) is 1. The van der Waals surface area contributed by atoms with Gasteiger partial charge in [-0.2, -0.15) is 0 Å². The molecular formula is C21H19BrN2OS3. The normalized spacial score (nSPS) is 12.5. The summed E-state index contributed by atoms with van der Waals surface area (Å²) in [6.07, 6.45) is 1.94. The first-order valence-corrected chi connectivity index (χ1v) is 12.8. The highest BCUT2D eigenvalue weighted by Gasteiger charge is 2.24. The quantitative estimate of drug-likeness (QED) is 0.297. The molecule has 1 unspecified atom stereocenters. The summed E-state index contributed by atoms with van der Waals surface area (Å²) < 4.78 is 14.6. The monoisotopic (exact) mass is 490 g/mol. The lowest BCUT2D eigenvalue weighted by Crippen LogP contribution is -2.06. The Morgan fingerprint density at radius 3 is 2.68 bits per heavy atom. The third-order valence-corrected chi connectivity index (χ3v) is 8.90. The Bertz CT molecular complexity index is 1090. The summed E-state index contributed by atoms with van der Waals surface area (Å²) >= 11 is 5.54. The molecule has 4 rings (SSSR count). The Labute approximate surface area is 183 Å². The van der Waals surface area contributed by atoms with E-state index < -0.39 is 11.2 Å². The number of rotatable bonds is 6. The van der Waals surface area contributed by atoms with Crippen molar-refractivity contribution in [3.05, 3.63) is 52.3 Å². The molecule has 0 radical (unpaired) electrons. The van der Waals surface area contributed by atoms with Crippen molar-refractivity contribution in [3.63, 3.8) is 0 Å². The SMILES string of the molecule is CCCC[S+]([O-])c1sc2nc(-c3cccs3)cc(-c3ccc(Br)cc3)c2c1N. The first-order chi connectivity index (χ1) is 13.6. The molecule has 0 fully saturated rings. The minimum atomic E-state index is -1.09. The molecule has 28 heavy (non-hydrogen) atoms. The zero-order valence-corrected chi connectivity index (χ0v) is 19.3. The maximum absolute atomic E-state index is 12.8. The van der Waals surface area contributed by atoms with E-state index in [0.717, 1.165) is 53.4 Å². The average Bonchev–Trinajstić information content (AvgIpc) is 3.35. The van der Waals surface area contributed by atoms with Crippen molar-refractivity contribution < 1.29 is 4.55 Å². The number of benzene rings is 1. The summed E-state index contributed by atoms with van der Waals surface area (Å²) in [7, 11) is 0. The van der Waals surface area contributed by atoms with Crippen LogP contribution in [-0.4, -0.2) is 15.3 Å². The molecule has 1 atom stereocenters. The van der Waals surface area contributed by atoms with Crippen LogP contribution in [0.4, 0.5) is 5.69 Å². The van der Waals surface area contributed by atoms with Gasteiger partial charge in [-0.05, 0) is 58.4 Å². The van der Waals surface area contributed by atoms with Crippen LogP contribution in [0.5, 0.6) is 0 Å². The molecule has 0 saturated heterocycles. The summed E-state index contributed by atoms with van der Waals surface area (Å²) in [6.45, 7) is 2.10. The van der Waals surface area contributed by atoms with Crippen LogP contribution < -0.4 is 5.73 Å². The van der Waals surface area contributed by atoms with E-state index in [1.165, 1.54) is 11.3 Å². The van der Waals surface area contributed by atoms with Gasteiger partial charge < -0.3 is 10.3 Å². The van der Waals surface area contributed by atoms with Crippen LogP contribution >= 0.6 is 38.6 Å². The lowest BCUT2D eigenvalue weighted by Gasteiger charge is -2.09. The van der Waals surface area contributed by atoms with Crippen molar-refractivity contribution >= 4 is 65.7 Å². The number of nitrogens with two attached hydrogens (primary N) is 1. The van der Waals surface area contributed by atoms with Crippen LogP contribution in [0.25, 0.3) is 31.9 Å². The Hall–Kier alpha value is -1.38. The highest BCUT2D eigenvalue weighted by Crippen LogP contribution is 2.44. The van der Waals surface area contributed by atoms with Gasteiger partial charge >= 0.3 is 0 Å². The van der Waals surface area contributed by atoms with Gasteiger partial charge in [0.25, 0.3) is 0 Å². The molecule has 3 nitrogen and oxygen atoms in total. The van der Waals surface area contributed by atoms with Crippen molar-refractivity contribution in [1.82, 2.24) is 4.98 Å². The summed E-state index contributed by atoms with van der Waals surface area (Å²) in [4.78, 5) is 6.83. The van der Waals surface area contributed by atoms with Gasteiger partial charge in [0, 0.05) is 9.86 Å². The van der Waals surface area contributed by atoms with Crippen molar-refractivity contribution in [2.75, 3.05) is 11.5 Å². The van der Waals surface area contributed by atoms with Crippen LogP contribution in [-0.2, 0) is 11.2 Å². The van der Waals surface area contributed by atoms with Gasteiger partial charge in [0.05, 0.1) is 10.6 Å². The van der Waals surface area contributed by atoms with Crippen molar-refractivity contribution in [1.29, 1.82) is 0 Å². The number of pyridine rings is 1. The second-order valence-electron chi connectivity index (χ2n) is 6.43. The molecule has 0 aliphatic heterocycles. The number of unbranched alkanes of at least 4 members (excludes halogenated alkanes) is 1. The average molecular weight is 492 g/mol. The number of fused-ring (bicyclic) bond motifs is 1. The lowest BCUT2D eigenvalue weighted by molar-refractivity contribution is 0.594. The van der Waals surface area contributed by atoms with E-state index in [9.17, 15) is 4.55 Å². The topological polar surface area (TPSA) is 62.0 Å². The summed E-state index contributed by atoms with van der Waals surface area (Å²) in [5.41, 5.74) is 10.2. The van der Waals surface area contributed by atoms with E-state index in [1.807, 2.05) is 18.2 Å². The first kappa shape index (κ1) is 19.9. The van der Waals surface area contributed by atoms with Gasteiger partial charge in [0.2, 0.25) is 4.21 Å². The molecule has 144 valence electrons. The fraction of sp³-hybridized carbons (Fsp3) is 0.190. The smallest absolute Gasteiger partial charge is 0.232 e. The molecule has 7 heteroatoms. The Kier molecular flexibility index (Phi) is 6.08. The number of halogens is 1. The van der Waals surface area contributed by atoms with E-state index in [-0.39, 0.29) is 0 Å². The van der Waals surface area contributed by atoms with Gasteiger partial charge in [0.15, 0.2) is 0 Å². The highest BCUT2D eigenvalue weighted by atomic mass is 79.9. The molecule has 0 aliphatic carbocycles. The number of hydrogen-bond acceptors (Lipinski definition) is 5. The fourth-order valence-electron chi connectivity index (χ4n) is 3.05. The zero-order valence-electron chi connectivity index (χ0n) is 15.3. The number of thiophene rings is 2. The van der Waals surface area contributed by atoms with Crippen LogP contribution in [0, 0.1) is 0 Å². The molecule has 0 saturated carbocycles. The molecular weight excluding hydrogens is 472 g/mol. The Morgan fingerprint density at radius 1 is 1.21 bits per heavy atom. The molecule has 0 amide bonds. The number of nitrogen functional groups attached to an aromatic ring is 1. The van der Waals surface area contributed by atoms with Gasteiger partial charge in [-0.15, -0.1) is 11.3 Å². The van der Waals surface area contributed by atoms with E-state index in [0.29, 0.717) is 11.4 Å². The second kappa shape index (κ2) is 8.55. The molecule has 1 aromatic carbocycles. The number of anilines is 1. The van der Waals surface area contributed by atoms with Crippen LogP contribution in [0.1, 0.15) is 19.8 Å².